The van der Waals surface area contributed by atoms with Crippen molar-refractivity contribution in [3.63, 3.8) is 0 Å². The van der Waals surface area contributed by atoms with Crippen LogP contribution in [0.2, 0.25) is 0 Å². The fraction of sp³-hybridized carbons (Fsp3) is 0.286. The summed E-state index contributed by atoms with van der Waals surface area (Å²) in [6.07, 6.45) is 4.26. The smallest absolute Gasteiger partial charge is 0.0332 e. The Labute approximate surface area is 95.6 Å². The van der Waals surface area contributed by atoms with Crippen molar-refractivity contribution in [3.8, 4) is 0 Å². The van der Waals surface area contributed by atoms with Gasteiger partial charge in [-0.1, -0.05) is 19.2 Å². The van der Waals surface area contributed by atoms with E-state index in [0.717, 1.165) is 12.8 Å². The molecule has 0 saturated carbocycles. The average molecular weight is 216 g/mol. The maximum Gasteiger partial charge on any atom is 0.0332 e. The van der Waals surface area contributed by atoms with Crippen molar-refractivity contribution >= 4 is 22.5 Å². The van der Waals surface area contributed by atoms with Crippen LogP contribution in [0.4, 0.5) is 0 Å². The number of thiophene rings is 1. The second kappa shape index (κ2) is 3.82. The second-order valence-corrected chi connectivity index (χ2v) is 4.97. The van der Waals surface area contributed by atoms with Crippen molar-refractivity contribution in [1.82, 2.24) is 0 Å². The zero-order valence-corrected chi connectivity index (χ0v) is 10.2. The Morgan fingerprint density at radius 1 is 1.47 bits per heavy atom. The van der Waals surface area contributed by atoms with Crippen LogP contribution in [0.3, 0.4) is 0 Å². The molecule has 0 fully saturated rings. The highest BCUT2D eigenvalue weighted by molar-refractivity contribution is 7.11. The molecule has 1 aliphatic carbocycles. The zero-order chi connectivity index (χ0) is 11.0. The van der Waals surface area contributed by atoms with Crippen molar-refractivity contribution in [2.24, 2.45) is 0 Å². The van der Waals surface area contributed by atoms with Gasteiger partial charge in [0.05, 0.1) is 0 Å². The van der Waals surface area contributed by atoms with Gasteiger partial charge in [-0.25, -0.2) is 0 Å². The van der Waals surface area contributed by atoms with Crippen LogP contribution < -0.4 is 0 Å². The summed E-state index contributed by atoms with van der Waals surface area (Å²) in [5.74, 6) is 0. The van der Waals surface area contributed by atoms with E-state index in [-0.39, 0.29) is 0 Å². The van der Waals surface area contributed by atoms with Gasteiger partial charge in [-0.05, 0) is 59.9 Å². The van der Waals surface area contributed by atoms with Crippen LogP contribution in [0.25, 0.3) is 11.1 Å². The molecule has 1 heterocycles. The molecule has 1 aliphatic rings. The molecule has 2 rings (SSSR count). The Kier molecular flexibility index (Phi) is 2.66. The maximum absolute atomic E-state index is 4.04. The normalized spacial score (nSPS) is 15.1. The number of allylic oxidation sites excluding steroid dienone is 4. The van der Waals surface area contributed by atoms with Gasteiger partial charge < -0.3 is 0 Å². The fourth-order valence-electron chi connectivity index (χ4n) is 2.18. The molecule has 0 aromatic carbocycles. The predicted molar refractivity (Wildman–Crippen MR) is 70.1 cm³/mol. The average Bonchev–Trinajstić information content (AvgIpc) is 2.62. The van der Waals surface area contributed by atoms with Gasteiger partial charge in [0.15, 0.2) is 0 Å². The molecule has 0 aliphatic heterocycles. The van der Waals surface area contributed by atoms with Gasteiger partial charge in [0.1, 0.15) is 0 Å². The Morgan fingerprint density at radius 3 is 2.80 bits per heavy atom. The van der Waals surface area contributed by atoms with E-state index in [1.54, 1.807) is 0 Å². The van der Waals surface area contributed by atoms with Crippen LogP contribution in [0.1, 0.15) is 36.3 Å². The minimum absolute atomic E-state index is 1.12. The summed E-state index contributed by atoms with van der Waals surface area (Å²) in [5, 5.41) is 2.26. The molecule has 0 atom stereocenters. The molecule has 0 spiro atoms. The van der Waals surface area contributed by atoms with Gasteiger partial charge in [-0.3, -0.25) is 0 Å². The van der Waals surface area contributed by atoms with Gasteiger partial charge in [-0.15, -0.1) is 11.3 Å². The van der Waals surface area contributed by atoms with Crippen molar-refractivity contribution < 1.29 is 0 Å². The third-order valence-electron chi connectivity index (χ3n) is 3.06. The van der Waals surface area contributed by atoms with Crippen molar-refractivity contribution in [2.75, 3.05) is 0 Å². The molecular formula is C14H16S. The number of hydrogen-bond donors (Lipinski definition) is 0. The Morgan fingerprint density at radius 2 is 2.20 bits per heavy atom. The van der Waals surface area contributed by atoms with E-state index in [1.165, 1.54) is 32.7 Å². The number of hydrogen-bond acceptors (Lipinski definition) is 1. The molecule has 1 aromatic heterocycles. The molecule has 0 nitrogen and oxygen atoms in total. The van der Waals surface area contributed by atoms with Crippen LogP contribution in [0.15, 0.2) is 30.2 Å². The van der Waals surface area contributed by atoms with E-state index in [1.807, 2.05) is 17.4 Å². The van der Waals surface area contributed by atoms with Crippen LogP contribution in [0.5, 0.6) is 0 Å². The largest absolute Gasteiger partial charge is 0.143 e. The topological polar surface area (TPSA) is 0 Å². The number of rotatable bonds is 2. The molecule has 1 aromatic rings. The lowest BCUT2D eigenvalue weighted by atomic mass is 9.87. The monoisotopic (exact) mass is 216 g/mol. The molecule has 78 valence electrons. The molecule has 0 amide bonds. The summed E-state index contributed by atoms with van der Waals surface area (Å²) >= 11 is 1.82. The molecule has 0 unspecified atom stereocenters. The summed E-state index contributed by atoms with van der Waals surface area (Å²) < 4.78 is 0. The van der Waals surface area contributed by atoms with Crippen LogP contribution >= 0.6 is 11.3 Å². The lowest BCUT2D eigenvalue weighted by Gasteiger charge is -2.17. The van der Waals surface area contributed by atoms with E-state index in [0.29, 0.717) is 0 Å². The van der Waals surface area contributed by atoms with E-state index < -0.39 is 0 Å². The van der Waals surface area contributed by atoms with Gasteiger partial charge in [0.25, 0.3) is 0 Å². The fourth-order valence-corrected chi connectivity index (χ4v) is 3.29. The van der Waals surface area contributed by atoms with Crippen molar-refractivity contribution in [3.05, 3.63) is 46.2 Å². The van der Waals surface area contributed by atoms with E-state index in [4.69, 9.17) is 0 Å². The standard InChI is InChI=1S/C14H16S/c1-5-11-6-7-12-13(10(11)4)8-15-14(12)9(2)3/h5,8H,1-2,6-7H2,3-4H3. The molecule has 0 radical (unpaired) electrons. The van der Waals surface area contributed by atoms with Crippen LogP contribution in [-0.2, 0) is 6.42 Å². The Bertz CT molecular complexity index is 458. The Balaban J connectivity index is 2.57. The van der Waals surface area contributed by atoms with Gasteiger partial charge in [-0.2, -0.15) is 0 Å². The predicted octanol–water partition coefficient (Wildman–Crippen LogP) is 4.69. The highest BCUT2D eigenvalue weighted by Gasteiger charge is 2.19. The van der Waals surface area contributed by atoms with Crippen molar-refractivity contribution in [2.45, 2.75) is 26.7 Å². The summed E-state index contributed by atoms with van der Waals surface area (Å²) in [6, 6.07) is 0. The van der Waals surface area contributed by atoms with Gasteiger partial charge in [0.2, 0.25) is 0 Å². The van der Waals surface area contributed by atoms with Gasteiger partial charge >= 0.3 is 0 Å². The highest BCUT2D eigenvalue weighted by Crippen LogP contribution is 2.39. The van der Waals surface area contributed by atoms with E-state index in [9.17, 15) is 0 Å². The first-order valence-corrected chi connectivity index (χ1v) is 6.12. The zero-order valence-electron chi connectivity index (χ0n) is 9.39. The molecule has 0 N–H and O–H groups in total. The third-order valence-corrected chi connectivity index (χ3v) is 4.24. The van der Waals surface area contributed by atoms with Crippen LogP contribution in [0, 0.1) is 0 Å². The molecule has 1 heteroatoms. The Hall–Kier alpha value is -1.08. The lowest BCUT2D eigenvalue weighted by molar-refractivity contribution is 0.944. The summed E-state index contributed by atoms with van der Waals surface area (Å²) in [4.78, 5) is 1.38. The van der Waals surface area contributed by atoms with Gasteiger partial charge in [0, 0.05) is 4.88 Å². The molecule has 0 bridgehead atoms. The molecular weight excluding hydrogens is 200 g/mol. The minimum Gasteiger partial charge on any atom is -0.143 e. The first-order chi connectivity index (χ1) is 7.15. The quantitative estimate of drug-likeness (QED) is 0.673. The first kappa shape index (κ1) is 10.4. The van der Waals surface area contributed by atoms with Crippen molar-refractivity contribution in [1.29, 1.82) is 0 Å². The van der Waals surface area contributed by atoms with E-state index >= 15 is 0 Å². The third kappa shape index (κ3) is 1.61. The molecule has 15 heavy (non-hydrogen) atoms. The summed E-state index contributed by atoms with van der Waals surface area (Å²) in [7, 11) is 0. The summed E-state index contributed by atoms with van der Waals surface area (Å²) in [5.41, 5.74) is 6.90. The van der Waals surface area contributed by atoms with E-state index in [2.05, 4.69) is 32.4 Å². The minimum atomic E-state index is 1.12. The summed E-state index contributed by atoms with van der Waals surface area (Å²) in [6.45, 7) is 12.2. The second-order valence-electron chi connectivity index (χ2n) is 4.09. The maximum atomic E-state index is 4.04. The highest BCUT2D eigenvalue weighted by atomic mass is 32.1. The van der Waals surface area contributed by atoms with Crippen LogP contribution in [-0.4, -0.2) is 0 Å². The SMILES string of the molecule is C=CC1=C(C)c2csc(C(=C)C)c2CC1. The first-order valence-electron chi connectivity index (χ1n) is 5.24. The molecule has 0 saturated heterocycles. The number of fused-ring (bicyclic) bond motifs is 1. The lowest BCUT2D eigenvalue weighted by Crippen LogP contribution is -2.01.